The first-order valence-corrected chi connectivity index (χ1v) is 8.09. The van der Waals surface area contributed by atoms with Gasteiger partial charge in [0.15, 0.2) is 5.58 Å². The van der Waals surface area contributed by atoms with Crippen molar-refractivity contribution in [3.63, 3.8) is 0 Å². The SMILES string of the molecule is Nc1ccc2oc(S(=O)Cc3cc(Cl)ccc3Cl)nc2c1. The van der Waals surface area contributed by atoms with Crippen molar-refractivity contribution in [3.05, 3.63) is 52.0 Å². The minimum Gasteiger partial charge on any atom is -0.430 e. The Hall–Kier alpha value is -1.56. The van der Waals surface area contributed by atoms with E-state index in [1.807, 2.05) is 0 Å². The van der Waals surface area contributed by atoms with Gasteiger partial charge in [0, 0.05) is 15.7 Å². The highest BCUT2D eigenvalue weighted by Crippen LogP contribution is 2.25. The average molecular weight is 341 g/mol. The molecule has 0 aliphatic heterocycles. The van der Waals surface area contributed by atoms with Gasteiger partial charge in [0.1, 0.15) is 16.3 Å². The fraction of sp³-hybridized carbons (Fsp3) is 0.0714. The number of anilines is 1. The Morgan fingerprint density at radius 2 is 2.00 bits per heavy atom. The van der Waals surface area contributed by atoms with Crippen LogP contribution in [0.15, 0.2) is 46.0 Å². The summed E-state index contributed by atoms with van der Waals surface area (Å²) < 4.78 is 17.8. The standard InChI is InChI=1S/C14H10Cl2N2O2S/c15-9-1-3-11(16)8(5-9)7-21(19)14-18-12-6-10(17)2-4-13(12)20-14/h1-6H,7,17H2. The lowest BCUT2D eigenvalue weighted by molar-refractivity contribution is 0.477. The average Bonchev–Trinajstić information content (AvgIpc) is 2.86. The molecule has 3 aromatic rings. The molecule has 0 amide bonds. The van der Waals surface area contributed by atoms with Crippen LogP contribution in [0, 0.1) is 0 Å². The van der Waals surface area contributed by atoms with Gasteiger partial charge < -0.3 is 10.2 Å². The summed E-state index contributed by atoms with van der Waals surface area (Å²) in [7, 11) is -1.45. The molecule has 0 aliphatic rings. The first-order chi connectivity index (χ1) is 10.0. The third-order valence-electron chi connectivity index (χ3n) is 2.88. The molecular weight excluding hydrogens is 331 g/mol. The molecule has 108 valence electrons. The van der Waals surface area contributed by atoms with Crippen molar-refractivity contribution in [2.24, 2.45) is 0 Å². The molecule has 0 bridgehead atoms. The van der Waals surface area contributed by atoms with Gasteiger partial charge in [-0.1, -0.05) is 23.2 Å². The molecule has 2 aromatic carbocycles. The summed E-state index contributed by atoms with van der Waals surface area (Å²) in [5.41, 5.74) is 8.06. The molecule has 0 spiro atoms. The smallest absolute Gasteiger partial charge is 0.288 e. The van der Waals surface area contributed by atoms with Gasteiger partial charge in [-0.3, -0.25) is 0 Å². The Labute approximate surface area is 133 Å². The van der Waals surface area contributed by atoms with Crippen LogP contribution in [0.1, 0.15) is 5.56 Å². The monoisotopic (exact) mass is 340 g/mol. The van der Waals surface area contributed by atoms with Crippen LogP contribution >= 0.6 is 23.2 Å². The van der Waals surface area contributed by atoms with E-state index in [-0.39, 0.29) is 11.0 Å². The van der Waals surface area contributed by atoms with Gasteiger partial charge in [-0.05, 0) is 42.0 Å². The van der Waals surface area contributed by atoms with Crippen LogP contribution < -0.4 is 5.73 Å². The van der Waals surface area contributed by atoms with Crippen LogP contribution in [0.2, 0.25) is 10.0 Å². The number of nitrogens with zero attached hydrogens (tertiary/aromatic N) is 1. The third kappa shape index (κ3) is 3.05. The minimum absolute atomic E-state index is 0.145. The number of fused-ring (bicyclic) bond motifs is 1. The summed E-state index contributed by atoms with van der Waals surface area (Å²) in [4.78, 5) is 4.20. The van der Waals surface area contributed by atoms with Crippen LogP contribution in [-0.4, -0.2) is 9.19 Å². The normalized spacial score (nSPS) is 12.7. The highest BCUT2D eigenvalue weighted by molar-refractivity contribution is 7.84. The lowest BCUT2D eigenvalue weighted by Crippen LogP contribution is -1.97. The number of benzene rings is 2. The molecule has 4 nitrogen and oxygen atoms in total. The summed E-state index contributed by atoms with van der Waals surface area (Å²) in [5, 5.41) is 1.19. The van der Waals surface area contributed by atoms with Crippen molar-refractivity contribution in [2.45, 2.75) is 11.0 Å². The van der Waals surface area contributed by atoms with Crippen LogP contribution in [0.5, 0.6) is 0 Å². The molecule has 1 aromatic heterocycles. The van der Waals surface area contributed by atoms with Gasteiger partial charge in [-0.2, -0.15) is 0 Å². The van der Waals surface area contributed by atoms with Crippen molar-refractivity contribution in [3.8, 4) is 0 Å². The molecule has 0 saturated carbocycles. The summed E-state index contributed by atoms with van der Waals surface area (Å²) in [6, 6.07) is 10.1. The largest absolute Gasteiger partial charge is 0.430 e. The quantitative estimate of drug-likeness (QED) is 0.731. The van der Waals surface area contributed by atoms with Crippen molar-refractivity contribution in [1.29, 1.82) is 0 Å². The predicted octanol–water partition coefficient (Wildman–Crippen LogP) is 4.02. The Morgan fingerprint density at radius 1 is 1.19 bits per heavy atom. The number of hydrogen-bond acceptors (Lipinski definition) is 4. The maximum Gasteiger partial charge on any atom is 0.288 e. The molecule has 1 heterocycles. The van der Waals surface area contributed by atoms with Crippen molar-refractivity contribution in [1.82, 2.24) is 4.98 Å². The molecule has 0 aliphatic carbocycles. The van der Waals surface area contributed by atoms with Gasteiger partial charge in [0.05, 0.1) is 5.75 Å². The van der Waals surface area contributed by atoms with Crippen LogP contribution in [0.4, 0.5) is 5.69 Å². The molecule has 2 N–H and O–H groups in total. The Balaban J connectivity index is 1.91. The topological polar surface area (TPSA) is 69.1 Å². The fourth-order valence-electron chi connectivity index (χ4n) is 1.88. The van der Waals surface area contributed by atoms with Gasteiger partial charge in [0.2, 0.25) is 0 Å². The summed E-state index contributed by atoms with van der Waals surface area (Å²) >= 11 is 12.0. The highest BCUT2D eigenvalue weighted by atomic mass is 35.5. The van der Waals surface area contributed by atoms with E-state index in [1.54, 1.807) is 36.4 Å². The molecule has 1 atom stereocenters. The van der Waals surface area contributed by atoms with Crippen molar-refractivity contribution in [2.75, 3.05) is 5.73 Å². The number of rotatable bonds is 3. The summed E-state index contributed by atoms with van der Waals surface area (Å²) in [6.45, 7) is 0. The van der Waals surface area contributed by atoms with Crippen LogP contribution in [0.25, 0.3) is 11.1 Å². The van der Waals surface area contributed by atoms with E-state index in [9.17, 15) is 4.21 Å². The molecule has 0 radical (unpaired) electrons. The van der Waals surface area contributed by atoms with E-state index in [1.165, 1.54) is 0 Å². The number of nitrogens with two attached hydrogens (primary N) is 1. The number of hydrogen-bond donors (Lipinski definition) is 1. The highest BCUT2D eigenvalue weighted by Gasteiger charge is 2.15. The van der Waals surface area contributed by atoms with E-state index in [2.05, 4.69) is 4.98 Å². The van der Waals surface area contributed by atoms with Gasteiger partial charge >= 0.3 is 0 Å². The maximum absolute atomic E-state index is 12.4. The lowest BCUT2D eigenvalue weighted by atomic mass is 10.2. The predicted molar refractivity (Wildman–Crippen MR) is 85.0 cm³/mol. The maximum atomic E-state index is 12.4. The van der Waals surface area contributed by atoms with Gasteiger partial charge in [-0.15, -0.1) is 0 Å². The number of halogens is 2. The van der Waals surface area contributed by atoms with E-state index >= 15 is 0 Å². The van der Waals surface area contributed by atoms with Gasteiger partial charge in [-0.25, -0.2) is 9.19 Å². The number of aromatic nitrogens is 1. The lowest BCUT2D eigenvalue weighted by Gasteiger charge is -2.02. The van der Waals surface area contributed by atoms with Crippen molar-refractivity contribution >= 4 is 50.8 Å². The first kappa shape index (κ1) is 14.4. The third-order valence-corrected chi connectivity index (χ3v) is 4.62. The summed E-state index contributed by atoms with van der Waals surface area (Å²) in [5.74, 6) is 0.182. The summed E-state index contributed by atoms with van der Waals surface area (Å²) in [6.07, 6.45) is 0. The van der Waals surface area contributed by atoms with Crippen molar-refractivity contribution < 1.29 is 8.63 Å². The second-order valence-corrected chi connectivity index (χ2v) is 6.61. The molecule has 1 unspecified atom stereocenters. The van der Waals surface area contributed by atoms with Crippen LogP contribution in [-0.2, 0) is 16.6 Å². The molecule has 3 rings (SSSR count). The molecule has 21 heavy (non-hydrogen) atoms. The Kier molecular flexibility index (Phi) is 3.89. The molecule has 0 saturated heterocycles. The fourth-order valence-corrected chi connectivity index (χ4v) is 3.36. The number of nitrogen functional groups attached to an aromatic ring is 1. The van der Waals surface area contributed by atoms with Crippen LogP contribution in [0.3, 0.4) is 0 Å². The van der Waals surface area contributed by atoms with E-state index in [0.717, 1.165) is 0 Å². The zero-order valence-electron chi connectivity index (χ0n) is 10.7. The van der Waals surface area contributed by atoms with E-state index in [0.29, 0.717) is 32.4 Å². The molecule has 0 fully saturated rings. The second-order valence-electron chi connectivity index (χ2n) is 4.43. The number of oxazole rings is 1. The van der Waals surface area contributed by atoms with Gasteiger partial charge in [0.25, 0.3) is 5.22 Å². The van der Waals surface area contributed by atoms with E-state index in [4.69, 9.17) is 33.4 Å². The second kappa shape index (κ2) is 5.67. The Bertz CT molecular complexity index is 848. The Morgan fingerprint density at radius 3 is 2.81 bits per heavy atom. The first-order valence-electron chi connectivity index (χ1n) is 6.01. The minimum atomic E-state index is -1.45. The zero-order valence-corrected chi connectivity index (χ0v) is 13.0. The zero-order chi connectivity index (χ0) is 15.0. The molecule has 7 heteroatoms. The van der Waals surface area contributed by atoms with E-state index < -0.39 is 10.8 Å². The molecular formula is C14H10Cl2N2O2S.